The van der Waals surface area contributed by atoms with Crippen LogP contribution >= 0.6 is 23.1 Å². The zero-order valence-corrected chi connectivity index (χ0v) is 14.8. The maximum absolute atomic E-state index is 12.5. The topological polar surface area (TPSA) is 38.3 Å². The number of hydrogen-bond acceptors (Lipinski definition) is 4. The maximum Gasteiger partial charge on any atom is 0.387 e. The van der Waals surface area contributed by atoms with Crippen LogP contribution in [0.25, 0.3) is 0 Å². The average Bonchev–Trinajstić information content (AvgIpc) is 3.06. The molecular formula is C17H19F2NO2S2. The first kappa shape index (κ1) is 18.7. The van der Waals surface area contributed by atoms with Crippen molar-refractivity contribution in [3.8, 4) is 5.75 Å². The minimum atomic E-state index is -2.89. The lowest BCUT2D eigenvalue weighted by Gasteiger charge is -2.20. The highest BCUT2D eigenvalue weighted by Gasteiger charge is 2.18. The highest BCUT2D eigenvalue weighted by molar-refractivity contribution is 7.99. The molecule has 2 aromatic rings. The van der Waals surface area contributed by atoms with Crippen molar-refractivity contribution in [1.29, 1.82) is 0 Å². The Morgan fingerprint density at radius 1 is 1.29 bits per heavy atom. The smallest absolute Gasteiger partial charge is 0.387 e. The Kier molecular flexibility index (Phi) is 7.52. The van der Waals surface area contributed by atoms with Gasteiger partial charge in [-0.2, -0.15) is 8.78 Å². The molecule has 24 heavy (non-hydrogen) atoms. The van der Waals surface area contributed by atoms with Gasteiger partial charge in [0.1, 0.15) is 5.75 Å². The van der Waals surface area contributed by atoms with Gasteiger partial charge < -0.3 is 10.1 Å². The number of alkyl halides is 2. The summed E-state index contributed by atoms with van der Waals surface area (Å²) in [6.07, 6.45) is 0.588. The summed E-state index contributed by atoms with van der Waals surface area (Å²) in [5.74, 6) is 1.10. The fourth-order valence-electron chi connectivity index (χ4n) is 2.25. The Labute approximate surface area is 148 Å². The number of thiophene rings is 1. The molecule has 1 aromatic heterocycles. The minimum Gasteiger partial charge on any atom is -0.434 e. The van der Waals surface area contributed by atoms with E-state index in [1.54, 1.807) is 29.5 Å². The van der Waals surface area contributed by atoms with E-state index in [0.29, 0.717) is 17.7 Å². The second kappa shape index (κ2) is 9.64. The number of para-hydroxylation sites is 1. The number of thioether (sulfide) groups is 1. The lowest BCUT2D eigenvalue weighted by atomic mass is 10.0. The number of benzene rings is 1. The first-order valence-electron chi connectivity index (χ1n) is 7.53. The predicted molar refractivity (Wildman–Crippen MR) is 94.7 cm³/mol. The number of ether oxygens (including phenoxy) is 1. The Hall–Kier alpha value is -1.60. The van der Waals surface area contributed by atoms with Gasteiger partial charge in [0.25, 0.3) is 0 Å². The number of amides is 1. The van der Waals surface area contributed by atoms with Crippen molar-refractivity contribution in [1.82, 2.24) is 5.32 Å². The zero-order chi connectivity index (χ0) is 17.4. The van der Waals surface area contributed by atoms with E-state index in [1.807, 2.05) is 24.4 Å². The second-order valence-corrected chi connectivity index (χ2v) is 7.03. The summed E-state index contributed by atoms with van der Waals surface area (Å²) >= 11 is 3.19. The molecule has 0 bridgehead atoms. The fraction of sp³-hybridized carbons (Fsp3) is 0.353. The van der Waals surface area contributed by atoms with Crippen molar-refractivity contribution in [3.63, 3.8) is 0 Å². The number of hydrogen-bond donors (Lipinski definition) is 1. The summed E-state index contributed by atoms with van der Waals surface area (Å²) in [7, 11) is 0. The van der Waals surface area contributed by atoms with E-state index in [-0.39, 0.29) is 17.7 Å². The molecule has 0 spiro atoms. The van der Waals surface area contributed by atoms with Crippen molar-refractivity contribution in [2.75, 3.05) is 5.75 Å². The third-order valence-electron chi connectivity index (χ3n) is 3.31. The van der Waals surface area contributed by atoms with Gasteiger partial charge in [0, 0.05) is 16.2 Å². The normalized spacial score (nSPS) is 12.2. The van der Waals surface area contributed by atoms with Crippen LogP contribution in [0.1, 0.15) is 29.8 Å². The summed E-state index contributed by atoms with van der Waals surface area (Å²) in [6, 6.07) is 10.2. The monoisotopic (exact) mass is 371 g/mol. The Balaban J connectivity index is 1.92. The minimum absolute atomic E-state index is 0.103. The van der Waals surface area contributed by atoms with Crippen LogP contribution in [0.4, 0.5) is 8.78 Å². The van der Waals surface area contributed by atoms with Gasteiger partial charge in [-0.3, -0.25) is 4.79 Å². The van der Waals surface area contributed by atoms with Crippen molar-refractivity contribution >= 4 is 29.0 Å². The molecule has 0 saturated heterocycles. The summed E-state index contributed by atoms with van der Waals surface area (Å²) < 4.78 is 29.6. The summed E-state index contributed by atoms with van der Waals surface area (Å²) in [6.45, 7) is -0.996. The van der Waals surface area contributed by atoms with E-state index in [4.69, 9.17) is 0 Å². The maximum atomic E-state index is 12.5. The van der Waals surface area contributed by atoms with Crippen molar-refractivity contribution in [2.45, 2.75) is 31.8 Å². The van der Waals surface area contributed by atoms with E-state index >= 15 is 0 Å². The molecule has 3 nitrogen and oxygen atoms in total. The highest BCUT2D eigenvalue weighted by atomic mass is 32.2. The van der Waals surface area contributed by atoms with Crippen LogP contribution < -0.4 is 10.1 Å². The molecular weight excluding hydrogens is 352 g/mol. The van der Waals surface area contributed by atoms with Gasteiger partial charge in [0.05, 0.1) is 11.8 Å². The van der Waals surface area contributed by atoms with E-state index in [2.05, 4.69) is 10.1 Å². The fourth-order valence-corrected chi connectivity index (χ4v) is 3.93. The number of nitrogens with one attached hydrogen (secondary N) is 1. The van der Waals surface area contributed by atoms with Gasteiger partial charge in [-0.05, 0) is 23.9 Å². The van der Waals surface area contributed by atoms with Crippen LogP contribution in [0.2, 0.25) is 0 Å². The van der Waals surface area contributed by atoms with Gasteiger partial charge >= 0.3 is 6.61 Å². The third-order valence-corrected chi connectivity index (χ3v) is 5.35. The van der Waals surface area contributed by atoms with Crippen LogP contribution in [0.5, 0.6) is 5.75 Å². The van der Waals surface area contributed by atoms with Crippen LogP contribution in [0, 0.1) is 0 Å². The lowest BCUT2D eigenvalue weighted by molar-refractivity contribution is -0.119. The molecule has 7 heteroatoms. The Bertz CT molecular complexity index is 635. The average molecular weight is 371 g/mol. The molecule has 2 rings (SSSR count). The Morgan fingerprint density at radius 2 is 2.08 bits per heavy atom. The molecule has 0 unspecified atom stereocenters. The molecule has 1 heterocycles. The number of carbonyl (C=O) groups excluding carboxylic acids is 1. The molecule has 1 N–H and O–H groups in total. The number of carbonyl (C=O) groups is 1. The number of halogens is 2. The van der Waals surface area contributed by atoms with Gasteiger partial charge in [-0.15, -0.1) is 23.1 Å². The molecule has 1 amide bonds. The van der Waals surface area contributed by atoms with E-state index < -0.39 is 6.61 Å². The summed E-state index contributed by atoms with van der Waals surface area (Å²) in [4.78, 5) is 13.3. The standard InChI is InChI=1S/C17H19F2NO2S2/c1-2-14(13-7-3-4-8-15(13)22-17(18)19)20-16(21)11-23-10-12-6-5-9-24-12/h3-9,14,17H,2,10-11H2,1H3,(H,20,21)/t14-/m0/s1. The summed E-state index contributed by atoms with van der Waals surface area (Å²) in [5.41, 5.74) is 0.567. The molecule has 0 aliphatic carbocycles. The van der Waals surface area contributed by atoms with Crippen LogP contribution in [-0.2, 0) is 10.5 Å². The Morgan fingerprint density at radius 3 is 2.75 bits per heavy atom. The molecule has 1 aromatic carbocycles. The molecule has 1 atom stereocenters. The van der Waals surface area contributed by atoms with Crippen molar-refractivity contribution < 1.29 is 18.3 Å². The second-order valence-electron chi connectivity index (χ2n) is 5.02. The largest absolute Gasteiger partial charge is 0.434 e. The number of rotatable bonds is 9. The quantitative estimate of drug-likeness (QED) is 0.685. The first-order valence-corrected chi connectivity index (χ1v) is 9.56. The van der Waals surface area contributed by atoms with E-state index in [9.17, 15) is 13.6 Å². The highest BCUT2D eigenvalue weighted by Crippen LogP contribution is 2.28. The van der Waals surface area contributed by atoms with Gasteiger partial charge in [-0.1, -0.05) is 31.2 Å². The van der Waals surface area contributed by atoms with E-state index in [0.717, 1.165) is 5.75 Å². The lowest BCUT2D eigenvalue weighted by Crippen LogP contribution is -2.30. The molecule has 0 aliphatic heterocycles. The first-order chi connectivity index (χ1) is 11.6. The van der Waals surface area contributed by atoms with Gasteiger partial charge in [0.2, 0.25) is 5.91 Å². The molecule has 0 aliphatic rings. The van der Waals surface area contributed by atoms with Crippen LogP contribution in [-0.4, -0.2) is 18.3 Å². The zero-order valence-electron chi connectivity index (χ0n) is 13.2. The molecule has 130 valence electrons. The predicted octanol–water partition coefficient (Wildman–Crippen LogP) is 4.85. The SMILES string of the molecule is CC[C@H](NC(=O)CSCc1cccs1)c1ccccc1OC(F)F. The van der Waals surface area contributed by atoms with Crippen LogP contribution in [0.3, 0.4) is 0 Å². The molecule has 0 fully saturated rings. The van der Waals surface area contributed by atoms with Crippen LogP contribution in [0.15, 0.2) is 41.8 Å². The summed E-state index contributed by atoms with van der Waals surface area (Å²) in [5, 5.41) is 4.90. The molecule has 0 saturated carbocycles. The van der Waals surface area contributed by atoms with E-state index in [1.165, 1.54) is 22.7 Å². The molecule has 0 radical (unpaired) electrons. The third kappa shape index (κ3) is 5.79. The van der Waals surface area contributed by atoms with Gasteiger partial charge in [-0.25, -0.2) is 0 Å². The van der Waals surface area contributed by atoms with Gasteiger partial charge in [0.15, 0.2) is 0 Å². The van der Waals surface area contributed by atoms with Crippen molar-refractivity contribution in [3.05, 3.63) is 52.2 Å². The van der Waals surface area contributed by atoms with Crippen molar-refractivity contribution in [2.24, 2.45) is 0 Å².